The first-order valence-electron chi connectivity index (χ1n) is 8.00. The number of rotatable bonds is 5. The van der Waals surface area contributed by atoms with E-state index in [4.69, 9.17) is 14.5 Å². The van der Waals surface area contributed by atoms with E-state index in [1.54, 1.807) is 25.6 Å². The van der Waals surface area contributed by atoms with E-state index in [9.17, 15) is 0 Å². The van der Waals surface area contributed by atoms with Crippen molar-refractivity contribution in [1.82, 2.24) is 9.97 Å². The van der Waals surface area contributed by atoms with Crippen molar-refractivity contribution in [2.45, 2.75) is 6.42 Å². The average Bonchev–Trinajstić information content (AvgIpc) is 3.28. The van der Waals surface area contributed by atoms with Gasteiger partial charge in [-0.05, 0) is 23.8 Å². The Labute approximate surface area is 150 Å². The van der Waals surface area contributed by atoms with Crippen molar-refractivity contribution in [3.63, 3.8) is 0 Å². The van der Waals surface area contributed by atoms with E-state index in [2.05, 4.69) is 28.6 Å². The SMILES string of the molecule is COc1ccc(Cc2nc(-c3c[nH]c4ccccc34)cs2)cc1OC. The first-order valence-corrected chi connectivity index (χ1v) is 8.88. The zero-order valence-electron chi connectivity index (χ0n) is 14.1. The number of methoxy groups -OCH3 is 2. The maximum atomic E-state index is 5.38. The van der Waals surface area contributed by atoms with Crippen molar-refractivity contribution >= 4 is 22.2 Å². The van der Waals surface area contributed by atoms with Gasteiger partial charge in [-0.1, -0.05) is 24.3 Å². The van der Waals surface area contributed by atoms with Crippen LogP contribution >= 0.6 is 11.3 Å². The van der Waals surface area contributed by atoms with Crippen LogP contribution in [0.25, 0.3) is 22.2 Å². The van der Waals surface area contributed by atoms with Crippen LogP contribution in [0, 0.1) is 0 Å². The maximum Gasteiger partial charge on any atom is 0.160 e. The Bertz CT molecular complexity index is 1020. The molecule has 25 heavy (non-hydrogen) atoms. The highest BCUT2D eigenvalue weighted by Crippen LogP contribution is 2.32. The second kappa shape index (κ2) is 6.61. The second-order valence-corrected chi connectivity index (χ2v) is 6.68. The number of aromatic nitrogens is 2. The molecular formula is C20H18N2O2S. The van der Waals surface area contributed by atoms with Crippen molar-refractivity contribution < 1.29 is 9.47 Å². The number of nitrogens with one attached hydrogen (secondary N) is 1. The van der Waals surface area contributed by atoms with Gasteiger partial charge in [0.2, 0.25) is 0 Å². The summed E-state index contributed by atoms with van der Waals surface area (Å²) in [6.07, 6.45) is 2.80. The zero-order chi connectivity index (χ0) is 17.2. The number of hydrogen-bond donors (Lipinski definition) is 1. The fraction of sp³-hybridized carbons (Fsp3) is 0.150. The molecule has 0 fully saturated rings. The molecule has 4 aromatic rings. The van der Waals surface area contributed by atoms with Crippen molar-refractivity contribution in [3.8, 4) is 22.8 Å². The molecule has 0 unspecified atom stereocenters. The van der Waals surface area contributed by atoms with Crippen LogP contribution in [-0.4, -0.2) is 24.2 Å². The molecule has 5 heteroatoms. The quantitative estimate of drug-likeness (QED) is 0.557. The topological polar surface area (TPSA) is 47.1 Å². The maximum absolute atomic E-state index is 5.38. The Morgan fingerprint density at radius 2 is 1.88 bits per heavy atom. The van der Waals surface area contributed by atoms with E-state index in [1.165, 1.54) is 5.39 Å². The molecule has 0 saturated carbocycles. The number of ether oxygens (including phenoxy) is 2. The van der Waals surface area contributed by atoms with Gasteiger partial charge >= 0.3 is 0 Å². The smallest absolute Gasteiger partial charge is 0.160 e. The summed E-state index contributed by atoms with van der Waals surface area (Å²) in [5.41, 5.74) is 4.44. The first kappa shape index (κ1) is 15.7. The second-order valence-electron chi connectivity index (χ2n) is 5.74. The van der Waals surface area contributed by atoms with Crippen LogP contribution in [0.2, 0.25) is 0 Å². The third kappa shape index (κ3) is 2.98. The van der Waals surface area contributed by atoms with Gasteiger partial charge in [0.15, 0.2) is 11.5 Å². The molecule has 0 aliphatic carbocycles. The van der Waals surface area contributed by atoms with E-state index in [1.807, 2.05) is 30.5 Å². The summed E-state index contributed by atoms with van der Waals surface area (Å²) in [5, 5.41) is 4.39. The highest BCUT2D eigenvalue weighted by atomic mass is 32.1. The molecule has 0 atom stereocenters. The summed E-state index contributed by atoms with van der Waals surface area (Å²) in [4.78, 5) is 8.13. The summed E-state index contributed by atoms with van der Waals surface area (Å²) in [6.45, 7) is 0. The lowest BCUT2D eigenvalue weighted by Gasteiger charge is -2.08. The van der Waals surface area contributed by atoms with Gasteiger partial charge in [-0.3, -0.25) is 0 Å². The minimum atomic E-state index is 0.741. The lowest BCUT2D eigenvalue weighted by Crippen LogP contribution is -1.93. The van der Waals surface area contributed by atoms with Crippen LogP contribution in [0.4, 0.5) is 0 Å². The predicted molar refractivity (Wildman–Crippen MR) is 102 cm³/mol. The molecule has 0 radical (unpaired) electrons. The van der Waals surface area contributed by atoms with Gasteiger partial charge in [-0.2, -0.15) is 0 Å². The Morgan fingerprint density at radius 3 is 2.72 bits per heavy atom. The van der Waals surface area contributed by atoms with Crippen molar-refractivity contribution in [2.24, 2.45) is 0 Å². The molecule has 0 bridgehead atoms. The van der Waals surface area contributed by atoms with E-state index >= 15 is 0 Å². The zero-order valence-corrected chi connectivity index (χ0v) is 14.9. The van der Waals surface area contributed by atoms with Gasteiger partial charge in [-0.25, -0.2) is 4.98 Å². The monoisotopic (exact) mass is 350 g/mol. The molecular weight excluding hydrogens is 332 g/mol. The lowest BCUT2D eigenvalue weighted by molar-refractivity contribution is 0.354. The number of nitrogens with zero attached hydrogens (tertiary/aromatic N) is 1. The number of H-pyrrole nitrogens is 1. The highest BCUT2D eigenvalue weighted by Gasteiger charge is 2.11. The molecule has 0 spiro atoms. The molecule has 4 nitrogen and oxygen atoms in total. The van der Waals surface area contributed by atoms with E-state index in [0.29, 0.717) is 0 Å². The van der Waals surface area contributed by atoms with Crippen LogP contribution in [0.15, 0.2) is 54.0 Å². The molecule has 2 aromatic carbocycles. The molecule has 2 heterocycles. The lowest BCUT2D eigenvalue weighted by atomic mass is 10.1. The van der Waals surface area contributed by atoms with Gasteiger partial charge in [-0.15, -0.1) is 11.3 Å². The molecule has 2 aromatic heterocycles. The molecule has 0 amide bonds. The van der Waals surface area contributed by atoms with Crippen LogP contribution < -0.4 is 9.47 Å². The summed E-state index contributed by atoms with van der Waals surface area (Å²) >= 11 is 1.68. The fourth-order valence-electron chi connectivity index (χ4n) is 2.96. The van der Waals surface area contributed by atoms with Gasteiger partial charge in [0.1, 0.15) is 0 Å². The minimum absolute atomic E-state index is 0.741. The van der Waals surface area contributed by atoms with Crippen LogP contribution in [0.3, 0.4) is 0 Å². The molecule has 0 aliphatic heterocycles. The normalized spacial score (nSPS) is 11.0. The summed E-state index contributed by atoms with van der Waals surface area (Å²) in [6, 6.07) is 14.3. The average molecular weight is 350 g/mol. The molecule has 0 saturated heterocycles. The number of fused-ring (bicyclic) bond motifs is 1. The van der Waals surface area contributed by atoms with Crippen molar-refractivity contribution in [3.05, 3.63) is 64.6 Å². The third-order valence-electron chi connectivity index (χ3n) is 4.22. The fourth-order valence-corrected chi connectivity index (χ4v) is 3.79. The number of aromatic amines is 1. The van der Waals surface area contributed by atoms with Gasteiger partial charge < -0.3 is 14.5 Å². The van der Waals surface area contributed by atoms with Crippen LogP contribution in [0.5, 0.6) is 11.5 Å². The van der Waals surface area contributed by atoms with E-state index in [-0.39, 0.29) is 0 Å². The summed E-state index contributed by atoms with van der Waals surface area (Å²) in [5.74, 6) is 1.48. The molecule has 4 rings (SSSR count). The predicted octanol–water partition coefficient (Wildman–Crippen LogP) is 4.90. The van der Waals surface area contributed by atoms with Crippen LogP contribution in [0.1, 0.15) is 10.6 Å². The Hall–Kier alpha value is -2.79. The minimum Gasteiger partial charge on any atom is -0.493 e. The largest absolute Gasteiger partial charge is 0.493 e. The highest BCUT2D eigenvalue weighted by molar-refractivity contribution is 7.10. The Balaban J connectivity index is 1.62. The van der Waals surface area contributed by atoms with Crippen LogP contribution in [-0.2, 0) is 6.42 Å². The van der Waals surface area contributed by atoms with E-state index in [0.717, 1.165) is 45.3 Å². The number of thiazole rings is 1. The van der Waals surface area contributed by atoms with Gasteiger partial charge in [0, 0.05) is 34.5 Å². The van der Waals surface area contributed by atoms with Gasteiger partial charge in [0.25, 0.3) is 0 Å². The molecule has 126 valence electrons. The summed E-state index contributed by atoms with van der Waals surface area (Å²) in [7, 11) is 3.30. The number of hydrogen-bond acceptors (Lipinski definition) is 4. The first-order chi connectivity index (χ1) is 12.3. The standard InChI is InChI=1S/C20H18N2O2S/c1-23-18-8-7-13(9-19(18)24-2)10-20-22-17(12-25-20)15-11-21-16-6-4-3-5-14(15)16/h3-9,11-12,21H,10H2,1-2H3. The summed E-state index contributed by atoms with van der Waals surface area (Å²) < 4.78 is 10.7. The number of benzene rings is 2. The third-order valence-corrected chi connectivity index (χ3v) is 5.07. The van der Waals surface area contributed by atoms with Crippen molar-refractivity contribution in [2.75, 3.05) is 14.2 Å². The molecule has 0 aliphatic rings. The van der Waals surface area contributed by atoms with E-state index < -0.39 is 0 Å². The molecule has 1 N–H and O–H groups in total. The van der Waals surface area contributed by atoms with Crippen molar-refractivity contribution in [1.29, 1.82) is 0 Å². The number of para-hydroxylation sites is 1. The van der Waals surface area contributed by atoms with Gasteiger partial charge in [0.05, 0.1) is 24.9 Å². The Kier molecular flexibility index (Phi) is 4.15. The Morgan fingerprint density at radius 1 is 1.04 bits per heavy atom.